The molecule has 4 heteroatoms. The Bertz CT molecular complexity index is 139. The molecular weight excluding hydrogens is 174 g/mol. The van der Waals surface area contributed by atoms with E-state index >= 15 is 0 Å². The number of nitrogens with one attached hydrogen (secondary N) is 1. The van der Waals surface area contributed by atoms with Crippen molar-refractivity contribution in [3.8, 4) is 0 Å². The molecule has 0 saturated carbocycles. The molecule has 0 aliphatic heterocycles. The monoisotopic (exact) mass is 191 g/mol. The average molecular weight is 191 g/mol. The molecule has 0 aromatic rings. The molecule has 0 aromatic heterocycles. The Morgan fingerprint density at radius 2 is 2.08 bits per heavy atom. The second-order valence-electron chi connectivity index (χ2n) is 3.03. The predicted molar refractivity (Wildman–Crippen MR) is 52.3 cm³/mol. The molecule has 2 N–H and O–H groups in total. The number of aliphatic hydroxyl groups excluding tert-OH is 1. The lowest BCUT2D eigenvalue weighted by Gasteiger charge is -2.10. The molecule has 1 atom stereocenters. The van der Waals surface area contributed by atoms with Crippen molar-refractivity contribution in [2.45, 2.75) is 32.1 Å². The van der Waals surface area contributed by atoms with Gasteiger partial charge in [0.05, 0.1) is 12.4 Å². The van der Waals surface area contributed by atoms with Gasteiger partial charge in [0.2, 0.25) is 5.91 Å². The van der Waals surface area contributed by atoms with E-state index in [2.05, 4.69) is 5.32 Å². The molecule has 0 heterocycles. The fourth-order valence-electron chi connectivity index (χ4n) is 0.634. The summed E-state index contributed by atoms with van der Waals surface area (Å²) in [5.41, 5.74) is 0. The van der Waals surface area contributed by atoms with Gasteiger partial charge in [0.1, 0.15) is 0 Å². The third-order valence-electron chi connectivity index (χ3n) is 1.21. The van der Waals surface area contributed by atoms with Crippen LogP contribution >= 0.6 is 11.8 Å². The van der Waals surface area contributed by atoms with Gasteiger partial charge in [0, 0.05) is 11.3 Å². The summed E-state index contributed by atoms with van der Waals surface area (Å²) in [5.74, 6) is 0.468. The lowest BCUT2D eigenvalue weighted by atomic mass is 10.4. The Kier molecular flexibility index (Phi) is 6.20. The molecule has 0 bridgehead atoms. The summed E-state index contributed by atoms with van der Waals surface area (Å²) in [5, 5.41) is 11.6. The molecule has 0 rings (SSSR count). The Morgan fingerprint density at radius 1 is 1.50 bits per heavy atom. The summed E-state index contributed by atoms with van der Waals surface area (Å²) >= 11 is 1.46. The van der Waals surface area contributed by atoms with Crippen LogP contribution in [0.25, 0.3) is 0 Å². The van der Waals surface area contributed by atoms with Gasteiger partial charge in [-0.3, -0.25) is 4.79 Å². The van der Waals surface area contributed by atoms with Gasteiger partial charge in [0.25, 0.3) is 0 Å². The first-order valence-corrected chi connectivity index (χ1v) is 5.13. The van der Waals surface area contributed by atoms with E-state index in [-0.39, 0.29) is 23.8 Å². The van der Waals surface area contributed by atoms with Crippen molar-refractivity contribution in [1.29, 1.82) is 0 Å². The van der Waals surface area contributed by atoms with E-state index in [1.54, 1.807) is 0 Å². The third-order valence-corrected chi connectivity index (χ3v) is 2.35. The number of hydrogen-bond acceptors (Lipinski definition) is 3. The van der Waals surface area contributed by atoms with Gasteiger partial charge >= 0.3 is 0 Å². The molecule has 0 aliphatic carbocycles. The van der Waals surface area contributed by atoms with Crippen LogP contribution in [0.4, 0.5) is 0 Å². The highest BCUT2D eigenvalue weighted by molar-refractivity contribution is 8.00. The molecule has 72 valence electrons. The van der Waals surface area contributed by atoms with E-state index in [9.17, 15) is 4.79 Å². The maximum absolute atomic E-state index is 11.1. The summed E-state index contributed by atoms with van der Waals surface area (Å²) in [4.78, 5) is 11.1. The van der Waals surface area contributed by atoms with Crippen molar-refractivity contribution in [1.82, 2.24) is 5.32 Å². The van der Waals surface area contributed by atoms with E-state index in [1.807, 2.05) is 20.8 Å². The molecular formula is C8H17NO2S. The molecule has 0 radical (unpaired) electrons. The molecule has 0 fully saturated rings. The highest BCUT2D eigenvalue weighted by Gasteiger charge is 2.06. The first-order valence-electron chi connectivity index (χ1n) is 4.08. The van der Waals surface area contributed by atoms with Gasteiger partial charge in [-0.05, 0) is 13.8 Å². The lowest BCUT2D eigenvalue weighted by Crippen LogP contribution is -2.32. The molecule has 0 saturated heterocycles. The van der Waals surface area contributed by atoms with E-state index in [0.29, 0.717) is 5.75 Å². The Morgan fingerprint density at radius 3 is 2.50 bits per heavy atom. The van der Waals surface area contributed by atoms with Crippen LogP contribution in [0.1, 0.15) is 20.8 Å². The van der Waals surface area contributed by atoms with Crippen LogP contribution in [0, 0.1) is 0 Å². The zero-order chi connectivity index (χ0) is 9.56. The summed E-state index contributed by atoms with van der Waals surface area (Å²) in [7, 11) is 0. The molecule has 0 spiro atoms. The first kappa shape index (κ1) is 11.8. The largest absolute Gasteiger partial charge is 0.395 e. The molecule has 12 heavy (non-hydrogen) atoms. The smallest absolute Gasteiger partial charge is 0.230 e. The van der Waals surface area contributed by atoms with Crippen molar-refractivity contribution in [3.63, 3.8) is 0 Å². The van der Waals surface area contributed by atoms with Crippen LogP contribution in [0.5, 0.6) is 0 Å². The van der Waals surface area contributed by atoms with Crippen LogP contribution in [0.15, 0.2) is 0 Å². The first-order chi connectivity index (χ1) is 5.56. The van der Waals surface area contributed by atoms with Crippen molar-refractivity contribution in [3.05, 3.63) is 0 Å². The van der Waals surface area contributed by atoms with E-state index < -0.39 is 0 Å². The molecule has 0 aromatic carbocycles. The normalized spacial score (nSPS) is 13.1. The van der Waals surface area contributed by atoms with Gasteiger partial charge in [-0.25, -0.2) is 0 Å². The Labute approximate surface area is 77.9 Å². The molecule has 1 unspecified atom stereocenters. The van der Waals surface area contributed by atoms with Crippen LogP contribution in [-0.2, 0) is 4.79 Å². The number of carbonyl (C=O) groups excluding carboxylic acids is 1. The van der Waals surface area contributed by atoms with Crippen LogP contribution in [-0.4, -0.2) is 34.7 Å². The predicted octanol–water partition coefficient (Wildman–Crippen LogP) is 0.625. The standard InChI is InChI=1S/C8H17NO2S/c1-6(2)9-8(11)5-12-7(3)4-10/h6-7,10H,4-5H2,1-3H3,(H,9,11). The SMILES string of the molecule is CC(C)NC(=O)CSC(C)CO. The molecule has 1 amide bonds. The van der Waals surface area contributed by atoms with Crippen molar-refractivity contribution in [2.24, 2.45) is 0 Å². The van der Waals surface area contributed by atoms with E-state index in [4.69, 9.17) is 5.11 Å². The average Bonchev–Trinajstić information content (AvgIpc) is 1.99. The molecule has 0 aliphatic rings. The van der Waals surface area contributed by atoms with E-state index in [1.165, 1.54) is 11.8 Å². The highest BCUT2D eigenvalue weighted by atomic mass is 32.2. The van der Waals surface area contributed by atoms with Crippen molar-refractivity contribution in [2.75, 3.05) is 12.4 Å². The molecule has 3 nitrogen and oxygen atoms in total. The maximum atomic E-state index is 11.1. The minimum absolute atomic E-state index is 0.0373. The zero-order valence-corrected chi connectivity index (χ0v) is 8.65. The minimum Gasteiger partial charge on any atom is -0.395 e. The van der Waals surface area contributed by atoms with Gasteiger partial charge in [-0.15, -0.1) is 11.8 Å². The van der Waals surface area contributed by atoms with Gasteiger partial charge in [-0.1, -0.05) is 6.92 Å². The Hall–Kier alpha value is -0.220. The topological polar surface area (TPSA) is 49.3 Å². The number of amides is 1. The highest BCUT2D eigenvalue weighted by Crippen LogP contribution is 2.08. The number of hydrogen-bond donors (Lipinski definition) is 2. The van der Waals surface area contributed by atoms with Gasteiger partial charge < -0.3 is 10.4 Å². The van der Waals surface area contributed by atoms with Crippen molar-refractivity contribution < 1.29 is 9.90 Å². The number of carbonyl (C=O) groups is 1. The van der Waals surface area contributed by atoms with Gasteiger partial charge in [-0.2, -0.15) is 0 Å². The number of aliphatic hydroxyl groups is 1. The third kappa shape index (κ3) is 6.49. The fourth-order valence-corrected chi connectivity index (χ4v) is 1.26. The zero-order valence-electron chi connectivity index (χ0n) is 7.83. The van der Waals surface area contributed by atoms with Gasteiger partial charge in [0.15, 0.2) is 0 Å². The summed E-state index contributed by atoms with van der Waals surface area (Å²) in [6.45, 7) is 5.88. The lowest BCUT2D eigenvalue weighted by molar-refractivity contribution is -0.119. The fraction of sp³-hybridized carbons (Fsp3) is 0.875. The van der Waals surface area contributed by atoms with E-state index in [0.717, 1.165) is 0 Å². The maximum Gasteiger partial charge on any atom is 0.230 e. The summed E-state index contributed by atoms with van der Waals surface area (Å²) in [6.07, 6.45) is 0. The van der Waals surface area contributed by atoms with Crippen LogP contribution in [0.3, 0.4) is 0 Å². The van der Waals surface area contributed by atoms with Crippen LogP contribution in [0.2, 0.25) is 0 Å². The summed E-state index contributed by atoms with van der Waals surface area (Å²) < 4.78 is 0. The Balaban J connectivity index is 3.44. The minimum atomic E-state index is 0.0373. The second-order valence-corrected chi connectivity index (χ2v) is 4.45. The summed E-state index contributed by atoms with van der Waals surface area (Å²) in [6, 6.07) is 0.197. The van der Waals surface area contributed by atoms with Crippen LogP contribution < -0.4 is 5.32 Å². The number of rotatable bonds is 5. The quantitative estimate of drug-likeness (QED) is 0.670. The number of thioether (sulfide) groups is 1. The van der Waals surface area contributed by atoms with Crippen molar-refractivity contribution >= 4 is 17.7 Å². The second kappa shape index (κ2) is 6.31.